The van der Waals surface area contributed by atoms with Crippen LogP contribution in [0, 0.1) is 0 Å². The number of fused-ring (bicyclic) bond motifs is 2. The van der Waals surface area contributed by atoms with Gasteiger partial charge < -0.3 is 9.47 Å². The van der Waals surface area contributed by atoms with Gasteiger partial charge in [-0.15, -0.1) is 0 Å². The summed E-state index contributed by atoms with van der Waals surface area (Å²) in [6.45, 7) is 5.38. The lowest BCUT2D eigenvalue weighted by atomic mass is 9.80. The summed E-state index contributed by atoms with van der Waals surface area (Å²) in [5.41, 5.74) is 1.26. The van der Waals surface area contributed by atoms with E-state index in [0.29, 0.717) is 12.8 Å². The quantitative estimate of drug-likeness (QED) is 0.0501. The highest BCUT2D eigenvalue weighted by Crippen LogP contribution is 2.38. The van der Waals surface area contributed by atoms with Crippen LogP contribution in [-0.4, -0.2) is 41.1 Å². The van der Waals surface area contributed by atoms with E-state index in [1.165, 1.54) is 173 Å². The second kappa shape index (κ2) is 33.0. The number of piperidine rings is 2. The number of hydrogen-bond acceptors (Lipinski definition) is 5. The number of carbonyl (C=O) groups is 2. The zero-order valence-corrected chi connectivity index (χ0v) is 36.9. The standard InChI is InChI=1S/C51H89NO4/c1-3-5-7-9-11-13-15-17-19-21-23-25-27-29-34-38-50(53)55-48-42-40-47-49(43-41-46(48)52(47)44-45-36-32-31-33-37-45)56-51(54)39-35-30-28-26-24-22-20-18-16-14-12-10-8-6-4-2/h31-33,36-37,46-49H,3-30,34-35,38-44H2,1-2H3. The number of nitrogens with zero attached hydrogens (tertiary/aromatic N) is 1. The first-order valence-corrected chi connectivity index (χ1v) is 24.8. The lowest BCUT2D eigenvalue weighted by molar-refractivity contribution is -0.174. The molecule has 0 radical (unpaired) electrons. The van der Waals surface area contributed by atoms with Gasteiger partial charge in [-0.3, -0.25) is 14.5 Å². The molecule has 4 atom stereocenters. The maximum atomic E-state index is 13.1. The Morgan fingerprint density at radius 2 is 0.750 bits per heavy atom. The molecule has 0 spiro atoms. The van der Waals surface area contributed by atoms with Gasteiger partial charge in [0.25, 0.3) is 0 Å². The van der Waals surface area contributed by atoms with Gasteiger partial charge in [0.05, 0.1) is 0 Å². The van der Waals surface area contributed by atoms with Gasteiger partial charge in [-0.1, -0.05) is 224 Å². The Morgan fingerprint density at radius 3 is 1.07 bits per heavy atom. The molecule has 0 aliphatic carbocycles. The predicted octanol–water partition coefficient (Wildman–Crippen LogP) is 15.2. The molecule has 2 aliphatic rings. The summed E-state index contributed by atoms with van der Waals surface area (Å²) >= 11 is 0. The highest BCUT2D eigenvalue weighted by molar-refractivity contribution is 5.70. The van der Waals surface area contributed by atoms with E-state index in [1.807, 2.05) is 0 Å². The summed E-state index contributed by atoms with van der Waals surface area (Å²) in [5.74, 6) is -0.0558. The van der Waals surface area contributed by atoms with Crippen molar-refractivity contribution in [2.75, 3.05) is 0 Å². The molecule has 3 rings (SSSR count). The Balaban J connectivity index is 1.26. The van der Waals surface area contributed by atoms with Gasteiger partial charge in [0.2, 0.25) is 0 Å². The topological polar surface area (TPSA) is 55.8 Å². The zero-order chi connectivity index (χ0) is 39.7. The van der Waals surface area contributed by atoms with Crippen molar-refractivity contribution in [3.63, 3.8) is 0 Å². The van der Waals surface area contributed by atoms with Gasteiger partial charge in [0.1, 0.15) is 12.2 Å². The monoisotopic (exact) mass is 780 g/mol. The van der Waals surface area contributed by atoms with Crippen LogP contribution < -0.4 is 0 Å². The molecule has 0 saturated carbocycles. The highest BCUT2D eigenvalue weighted by Gasteiger charge is 2.47. The highest BCUT2D eigenvalue weighted by atomic mass is 16.6. The molecule has 0 N–H and O–H groups in total. The minimum Gasteiger partial charge on any atom is -0.461 e. The van der Waals surface area contributed by atoms with Gasteiger partial charge in [-0.2, -0.15) is 0 Å². The zero-order valence-electron chi connectivity index (χ0n) is 36.9. The van der Waals surface area contributed by atoms with Crippen molar-refractivity contribution in [3.8, 4) is 0 Å². The Bertz CT molecular complexity index is 1010. The number of hydrogen-bond donors (Lipinski definition) is 0. The van der Waals surface area contributed by atoms with Crippen molar-refractivity contribution in [2.24, 2.45) is 0 Å². The molecule has 2 saturated heterocycles. The van der Waals surface area contributed by atoms with Crippen molar-refractivity contribution in [2.45, 2.75) is 276 Å². The lowest BCUT2D eigenvalue weighted by Crippen LogP contribution is -2.61. The second-order valence-electron chi connectivity index (χ2n) is 17.9. The van der Waals surface area contributed by atoms with E-state index in [2.05, 4.69) is 49.1 Å². The number of carbonyl (C=O) groups excluding carboxylic acids is 2. The molecule has 1 aromatic carbocycles. The molecule has 5 nitrogen and oxygen atoms in total. The van der Waals surface area contributed by atoms with Gasteiger partial charge in [0.15, 0.2) is 0 Å². The van der Waals surface area contributed by atoms with Crippen LogP contribution in [0.4, 0.5) is 0 Å². The third-order valence-corrected chi connectivity index (χ3v) is 12.9. The maximum absolute atomic E-state index is 13.1. The van der Waals surface area contributed by atoms with Crippen LogP contribution in [0.5, 0.6) is 0 Å². The second-order valence-corrected chi connectivity index (χ2v) is 17.9. The van der Waals surface area contributed by atoms with Crippen LogP contribution in [0.3, 0.4) is 0 Å². The van der Waals surface area contributed by atoms with Crippen molar-refractivity contribution < 1.29 is 19.1 Å². The van der Waals surface area contributed by atoms with Crippen molar-refractivity contribution in [1.29, 1.82) is 0 Å². The fourth-order valence-electron chi connectivity index (χ4n) is 9.47. The molecular weight excluding hydrogens is 691 g/mol. The van der Waals surface area contributed by atoms with Gasteiger partial charge in [-0.05, 0) is 44.1 Å². The van der Waals surface area contributed by atoms with E-state index < -0.39 is 0 Å². The fraction of sp³-hybridized carbons (Fsp3) is 0.843. The van der Waals surface area contributed by atoms with Crippen LogP contribution in [-0.2, 0) is 25.6 Å². The summed E-state index contributed by atoms with van der Waals surface area (Å²) in [5, 5.41) is 0. The van der Waals surface area contributed by atoms with E-state index in [9.17, 15) is 9.59 Å². The molecular formula is C51H89NO4. The molecule has 0 amide bonds. The molecule has 5 heteroatoms. The Kier molecular flexibility index (Phi) is 28.6. The molecule has 322 valence electrons. The Labute approximate surface area is 346 Å². The van der Waals surface area contributed by atoms with Crippen LogP contribution in [0.25, 0.3) is 0 Å². The summed E-state index contributed by atoms with van der Waals surface area (Å²) in [7, 11) is 0. The van der Waals surface area contributed by atoms with Gasteiger partial charge in [-0.25, -0.2) is 0 Å². The molecule has 1 aromatic rings. The van der Waals surface area contributed by atoms with E-state index in [1.54, 1.807) is 0 Å². The number of unbranched alkanes of at least 4 members (excludes halogenated alkanes) is 28. The summed E-state index contributed by atoms with van der Waals surface area (Å²) in [6, 6.07) is 11.0. The van der Waals surface area contributed by atoms with Crippen molar-refractivity contribution in [3.05, 3.63) is 35.9 Å². The van der Waals surface area contributed by atoms with Crippen LogP contribution in [0.15, 0.2) is 30.3 Å². The molecule has 2 fully saturated rings. The van der Waals surface area contributed by atoms with Crippen LogP contribution >= 0.6 is 0 Å². The van der Waals surface area contributed by atoms with Gasteiger partial charge in [0, 0.05) is 31.5 Å². The number of esters is 2. The van der Waals surface area contributed by atoms with E-state index in [0.717, 1.165) is 57.9 Å². The Hall–Kier alpha value is -1.88. The predicted molar refractivity (Wildman–Crippen MR) is 237 cm³/mol. The third kappa shape index (κ3) is 22.3. The molecule has 56 heavy (non-hydrogen) atoms. The molecule has 4 unspecified atom stereocenters. The summed E-state index contributed by atoms with van der Waals surface area (Å²) in [6.07, 6.45) is 44.2. The first-order chi connectivity index (χ1) is 27.6. The fourth-order valence-corrected chi connectivity index (χ4v) is 9.47. The number of benzene rings is 1. The van der Waals surface area contributed by atoms with E-state index in [-0.39, 0.29) is 36.2 Å². The first kappa shape index (κ1) is 48.5. The van der Waals surface area contributed by atoms with E-state index >= 15 is 0 Å². The minimum atomic E-state index is -0.0734. The third-order valence-electron chi connectivity index (χ3n) is 12.9. The summed E-state index contributed by atoms with van der Waals surface area (Å²) in [4.78, 5) is 28.6. The number of rotatable bonds is 36. The normalized spacial score (nSPS) is 19.6. The summed E-state index contributed by atoms with van der Waals surface area (Å²) < 4.78 is 12.5. The molecule has 2 aliphatic heterocycles. The van der Waals surface area contributed by atoms with Crippen molar-refractivity contribution >= 4 is 11.9 Å². The number of ether oxygens (including phenoxy) is 2. The molecule has 2 heterocycles. The molecule has 0 aromatic heterocycles. The van der Waals surface area contributed by atoms with Crippen LogP contribution in [0.1, 0.15) is 251 Å². The SMILES string of the molecule is CCCCCCCCCCCCCCCCCC(=O)OC1CCC2C(OC(=O)CCCCCCCCCCCCCCCCC)CCC1N2Cc1ccccc1. The average molecular weight is 780 g/mol. The lowest BCUT2D eigenvalue weighted by Gasteiger charge is -2.52. The smallest absolute Gasteiger partial charge is 0.306 e. The maximum Gasteiger partial charge on any atom is 0.306 e. The van der Waals surface area contributed by atoms with Crippen LogP contribution in [0.2, 0.25) is 0 Å². The Morgan fingerprint density at radius 1 is 0.446 bits per heavy atom. The van der Waals surface area contributed by atoms with Gasteiger partial charge >= 0.3 is 11.9 Å². The first-order valence-electron chi connectivity index (χ1n) is 24.8. The minimum absolute atomic E-state index is 0.0279. The van der Waals surface area contributed by atoms with Crippen molar-refractivity contribution in [1.82, 2.24) is 4.90 Å². The largest absolute Gasteiger partial charge is 0.461 e. The van der Waals surface area contributed by atoms with E-state index in [4.69, 9.17) is 9.47 Å². The molecule has 2 bridgehead atoms. The average Bonchev–Trinajstić information content (AvgIpc) is 3.20.